The van der Waals surface area contributed by atoms with Crippen LogP contribution in [-0.4, -0.2) is 14.5 Å². The number of hydrogen-bond acceptors (Lipinski definition) is 3. The van der Waals surface area contributed by atoms with E-state index in [4.69, 9.17) is 23.2 Å². The molecule has 18 heavy (non-hydrogen) atoms. The lowest BCUT2D eigenvalue weighted by atomic mass is 10.2. The fraction of sp³-hybridized carbons (Fsp3) is 0.250. The molecule has 4 nitrogen and oxygen atoms in total. The van der Waals surface area contributed by atoms with Crippen molar-refractivity contribution in [3.63, 3.8) is 0 Å². The Morgan fingerprint density at radius 1 is 1.22 bits per heavy atom. The van der Waals surface area contributed by atoms with Crippen LogP contribution in [0.1, 0.15) is 17.1 Å². The van der Waals surface area contributed by atoms with Crippen molar-refractivity contribution in [2.45, 2.75) is 20.4 Å². The van der Waals surface area contributed by atoms with Crippen molar-refractivity contribution in [2.75, 3.05) is 0 Å². The van der Waals surface area contributed by atoms with Crippen molar-refractivity contribution < 1.29 is 0 Å². The monoisotopic (exact) mass is 283 g/mol. The number of pyridine rings is 1. The molecule has 0 aliphatic carbocycles. The third-order valence-corrected chi connectivity index (χ3v) is 3.09. The Kier molecular flexibility index (Phi) is 3.68. The largest absolute Gasteiger partial charge is 0.292 e. The van der Waals surface area contributed by atoms with Crippen molar-refractivity contribution in [1.82, 2.24) is 14.5 Å². The van der Waals surface area contributed by atoms with Gasteiger partial charge in [0.2, 0.25) is 0 Å². The second-order valence-corrected chi connectivity index (χ2v) is 4.70. The Labute approximate surface area is 114 Å². The van der Waals surface area contributed by atoms with Gasteiger partial charge in [-0.2, -0.15) is 0 Å². The molecule has 0 spiro atoms. The van der Waals surface area contributed by atoms with E-state index in [1.54, 1.807) is 30.5 Å². The molecule has 0 atom stereocenters. The maximum absolute atomic E-state index is 11.9. The van der Waals surface area contributed by atoms with Crippen LogP contribution >= 0.6 is 23.2 Å². The highest BCUT2D eigenvalue weighted by Crippen LogP contribution is 2.17. The number of nitrogens with zero attached hydrogens (tertiary/aromatic N) is 3. The van der Waals surface area contributed by atoms with Crippen molar-refractivity contribution in [3.8, 4) is 0 Å². The average Bonchev–Trinajstić information content (AvgIpc) is 2.25. The zero-order valence-corrected chi connectivity index (χ0v) is 11.5. The third-order valence-electron chi connectivity index (χ3n) is 2.55. The van der Waals surface area contributed by atoms with Gasteiger partial charge in [0.25, 0.3) is 5.56 Å². The Morgan fingerprint density at radius 3 is 2.56 bits per heavy atom. The molecular weight excluding hydrogens is 273 g/mol. The van der Waals surface area contributed by atoms with Gasteiger partial charge in [0.1, 0.15) is 16.1 Å². The summed E-state index contributed by atoms with van der Waals surface area (Å²) in [7, 11) is 0. The van der Waals surface area contributed by atoms with E-state index in [1.165, 1.54) is 6.07 Å². The smallest absolute Gasteiger partial charge is 0.254 e. The van der Waals surface area contributed by atoms with E-state index in [0.717, 1.165) is 5.56 Å². The molecule has 0 bridgehead atoms. The van der Waals surface area contributed by atoms with Crippen molar-refractivity contribution in [2.24, 2.45) is 0 Å². The quantitative estimate of drug-likeness (QED) is 0.796. The van der Waals surface area contributed by atoms with Crippen LogP contribution in [0.25, 0.3) is 0 Å². The Hall–Kier alpha value is -1.39. The topological polar surface area (TPSA) is 47.8 Å². The first-order valence-electron chi connectivity index (χ1n) is 5.33. The van der Waals surface area contributed by atoms with Crippen LogP contribution < -0.4 is 5.56 Å². The molecule has 6 heteroatoms. The van der Waals surface area contributed by atoms with Crippen LogP contribution in [0.3, 0.4) is 0 Å². The highest BCUT2D eigenvalue weighted by atomic mass is 35.5. The van der Waals surface area contributed by atoms with Gasteiger partial charge in [-0.3, -0.25) is 9.36 Å². The summed E-state index contributed by atoms with van der Waals surface area (Å²) in [6.07, 6.45) is 0. The van der Waals surface area contributed by atoms with Gasteiger partial charge in [-0.05, 0) is 19.9 Å². The molecule has 0 fully saturated rings. The lowest BCUT2D eigenvalue weighted by Gasteiger charge is -2.10. The highest BCUT2D eigenvalue weighted by Gasteiger charge is 2.08. The summed E-state index contributed by atoms with van der Waals surface area (Å²) in [6.45, 7) is 3.90. The van der Waals surface area contributed by atoms with Crippen LogP contribution in [-0.2, 0) is 6.54 Å². The summed E-state index contributed by atoms with van der Waals surface area (Å²) < 4.78 is 1.55. The van der Waals surface area contributed by atoms with Crippen LogP contribution in [0.15, 0.2) is 23.0 Å². The number of rotatable bonds is 2. The molecule has 0 aliphatic heterocycles. The van der Waals surface area contributed by atoms with Gasteiger partial charge >= 0.3 is 0 Å². The number of aromatic nitrogens is 3. The van der Waals surface area contributed by atoms with Gasteiger partial charge in [-0.25, -0.2) is 9.97 Å². The van der Waals surface area contributed by atoms with Crippen molar-refractivity contribution in [1.29, 1.82) is 0 Å². The molecule has 2 aromatic heterocycles. The standard InChI is InChI=1S/C12H11Cl2N3O/c1-7-5-11(18)17(8(2)15-7)6-9-3-4-10(13)16-12(9)14/h3-5H,6H2,1-2H3. The molecule has 0 amide bonds. The highest BCUT2D eigenvalue weighted by molar-refractivity contribution is 6.32. The van der Waals surface area contributed by atoms with E-state index in [-0.39, 0.29) is 5.56 Å². The molecule has 0 saturated heterocycles. The van der Waals surface area contributed by atoms with Gasteiger partial charge in [0.05, 0.1) is 6.54 Å². The molecule has 0 N–H and O–H groups in total. The molecule has 0 aromatic carbocycles. The molecule has 0 aliphatic rings. The normalized spacial score (nSPS) is 10.7. The van der Waals surface area contributed by atoms with Crippen LogP contribution in [0.2, 0.25) is 10.3 Å². The summed E-state index contributed by atoms with van der Waals surface area (Å²) in [6, 6.07) is 4.89. The van der Waals surface area contributed by atoms with Crippen molar-refractivity contribution in [3.05, 3.63) is 55.9 Å². The van der Waals surface area contributed by atoms with Gasteiger partial charge in [0, 0.05) is 17.3 Å². The zero-order chi connectivity index (χ0) is 13.3. The molecule has 2 aromatic rings. The van der Waals surface area contributed by atoms with Crippen LogP contribution in [0, 0.1) is 13.8 Å². The van der Waals surface area contributed by atoms with E-state index in [9.17, 15) is 4.79 Å². The first kappa shape index (κ1) is 13.1. The maximum atomic E-state index is 11.9. The molecule has 2 rings (SSSR count). The van der Waals surface area contributed by atoms with E-state index in [0.29, 0.717) is 28.4 Å². The van der Waals surface area contributed by atoms with Crippen LogP contribution in [0.5, 0.6) is 0 Å². The Bertz CT molecular complexity index is 652. The SMILES string of the molecule is Cc1cc(=O)n(Cc2ccc(Cl)nc2Cl)c(C)n1. The Balaban J connectivity index is 2.43. The van der Waals surface area contributed by atoms with Crippen LogP contribution in [0.4, 0.5) is 0 Å². The molecule has 2 heterocycles. The lowest BCUT2D eigenvalue weighted by Crippen LogP contribution is -2.24. The third kappa shape index (κ3) is 2.71. The van der Waals surface area contributed by atoms with Gasteiger partial charge < -0.3 is 0 Å². The van der Waals surface area contributed by atoms with Gasteiger partial charge in [-0.15, -0.1) is 0 Å². The average molecular weight is 284 g/mol. The molecule has 0 unspecified atom stereocenters. The second-order valence-electron chi connectivity index (χ2n) is 3.95. The summed E-state index contributed by atoms with van der Waals surface area (Å²) >= 11 is 11.7. The molecule has 0 radical (unpaired) electrons. The minimum absolute atomic E-state index is 0.106. The number of aryl methyl sites for hydroxylation is 2. The van der Waals surface area contributed by atoms with Gasteiger partial charge in [0.15, 0.2) is 0 Å². The lowest BCUT2D eigenvalue weighted by molar-refractivity contribution is 0.692. The predicted octanol–water partition coefficient (Wildman–Crippen LogP) is 2.61. The first-order chi connectivity index (χ1) is 8.47. The molecule has 0 saturated carbocycles. The van der Waals surface area contributed by atoms with E-state index in [2.05, 4.69) is 9.97 Å². The van der Waals surface area contributed by atoms with E-state index < -0.39 is 0 Å². The minimum Gasteiger partial charge on any atom is -0.292 e. The van der Waals surface area contributed by atoms with E-state index >= 15 is 0 Å². The fourth-order valence-corrected chi connectivity index (χ4v) is 2.09. The fourth-order valence-electron chi connectivity index (χ4n) is 1.69. The van der Waals surface area contributed by atoms with Gasteiger partial charge in [-0.1, -0.05) is 29.3 Å². The zero-order valence-electron chi connectivity index (χ0n) is 9.94. The predicted molar refractivity (Wildman–Crippen MR) is 71.3 cm³/mol. The first-order valence-corrected chi connectivity index (χ1v) is 6.09. The van der Waals surface area contributed by atoms with E-state index in [1.807, 2.05) is 0 Å². The second kappa shape index (κ2) is 5.08. The summed E-state index contributed by atoms with van der Waals surface area (Å²) in [5.74, 6) is 0.644. The molecule has 94 valence electrons. The molecular formula is C12H11Cl2N3O. The maximum Gasteiger partial charge on any atom is 0.254 e. The summed E-state index contributed by atoms with van der Waals surface area (Å²) in [4.78, 5) is 20.1. The Morgan fingerprint density at radius 2 is 1.94 bits per heavy atom. The summed E-state index contributed by atoms with van der Waals surface area (Å²) in [5, 5.41) is 0.629. The minimum atomic E-state index is -0.106. The number of hydrogen-bond donors (Lipinski definition) is 0. The van der Waals surface area contributed by atoms with Crippen molar-refractivity contribution >= 4 is 23.2 Å². The number of halogens is 2. The summed E-state index contributed by atoms with van der Waals surface area (Å²) in [5.41, 5.74) is 1.33.